The predicted octanol–water partition coefficient (Wildman–Crippen LogP) is 3.01. The van der Waals surface area contributed by atoms with Crippen molar-refractivity contribution in [1.29, 1.82) is 0 Å². The molecule has 0 bridgehead atoms. The van der Waals surface area contributed by atoms with E-state index in [1.165, 1.54) is 0 Å². The molecular formula is C18H27N3O2S. The monoisotopic (exact) mass is 349 g/mol. The fourth-order valence-electron chi connectivity index (χ4n) is 2.33. The molecule has 1 fully saturated rings. The number of anilines is 2. The highest BCUT2D eigenvalue weighted by Gasteiger charge is 2.21. The number of nitrogens with one attached hydrogen (secondary N) is 3. The molecule has 2 amide bonds. The maximum atomic E-state index is 12.3. The molecule has 1 aromatic rings. The minimum absolute atomic E-state index is 0.00241. The van der Waals surface area contributed by atoms with Crippen LogP contribution in [0.4, 0.5) is 11.4 Å². The Labute approximate surface area is 148 Å². The second-order valence-electron chi connectivity index (χ2n) is 7.21. The van der Waals surface area contributed by atoms with Crippen molar-refractivity contribution in [3.63, 3.8) is 0 Å². The molecular weight excluding hydrogens is 322 g/mol. The van der Waals surface area contributed by atoms with E-state index in [9.17, 15) is 9.59 Å². The van der Waals surface area contributed by atoms with E-state index in [4.69, 9.17) is 0 Å². The van der Waals surface area contributed by atoms with Gasteiger partial charge >= 0.3 is 0 Å². The maximum absolute atomic E-state index is 12.3. The first-order chi connectivity index (χ1) is 11.3. The van der Waals surface area contributed by atoms with E-state index in [1.807, 2.05) is 57.7 Å². The van der Waals surface area contributed by atoms with Gasteiger partial charge in [-0.05, 0) is 24.6 Å². The van der Waals surface area contributed by atoms with Crippen LogP contribution in [0.5, 0.6) is 0 Å². The molecule has 1 aliphatic heterocycles. The fraction of sp³-hybridized carbons (Fsp3) is 0.556. The van der Waals surface area contributed by atoms with E-state index in [0.717, 1.165) is 29.3 Å². The van der Waals surface area contributed by atoms with E-state index in [2.05, 4.69) is 16.0 Å². The topological polar surface area (TPSA) is 70.2 Å². The lowest BCUT2D eigenvalue weighted by Gasteiger charge is -2.23. The number of rotatable bonds is 4. The van der Waals surface area contributed by atoms with Gasteiger partial charge in [-0.3, -0.25) is 9.59 Å². The number of carbonyl (C=O) groups excluding carboxylic acids is 2. The lowest BCUT2D eigenvalue weighted by molar-refractivity contribution is -0.123. The molecule has 0 spiro atoms. The van der Waals surface area contributed by atoms with E-state index >= 15 is 0 Å². The highest BCUT2D eigenvalue weighted by Crippen LogP contribution is 2.23. The highest BCUT2D eigenvalue weighted by atomic mass is 32.2. The number of carbonyl (C=O) groups is 2. The molecule has 0 saturated carbocycles. The smallest absolute Gasteiger partial charge is 0.229 e. The summed E-state index contributed by atoms with van der Waals surface area (Å²) < 4.78 is 0. The van der Waals surface area contributed by atoms with E-state index < -0.39 is 5.41 Å². The number of aryl methyl sites for hydroxylation is 1. The van der Waals surface area contributed by atoms with Crippen molar-refractivity contribution in [2.45, 2.75) is 40.2 Å². The lowest BCUT2D eigenvalue weighted by atomic mass is 9.95. The molecule has 3 N–H and O–H groups in total. The molecule has 5 nitrogen and oxygen atoms in total. The van der Waals surface area contributed by atoms with Crippen LogP contribution in [-0.2, 0) is 9.59 Å². The average molecular weight is 350 g/mol. The van der Waals surface area contributed by atoms with Gasteiger partial charge in [0.05, 0.1) is 0 Å². The van der Waals surface area contributed by atoms with Gasteiger partial charge in [-0.15, -0.1) is 0 Å². The van der Waals surface area contributed by atoms with Gasteiger partial charge in [-0.25, -0.2) is 0 Å². The Morgan fingerprint density at radius 2 is 2.04 bits per heavy atom. The van der Waals surface area contributed by atoms with Gasteiger partial charge in [0.2, 0.25) is 11.8 Å². The summed E-state index contributed by atoms with van der Waals surface area (Å²) in [4.78, 5) is 24.4. The Morgan fingerprint density at radius 1 is 1.29 bits per heavy atom. The lowest BCUT2D eigenvalue weighted by Crippen LogP contribution is -2.39. The molecule has 0 aromatic heterocycles. The SMILES string of the molecule is Cc1ccc(NC(=O)C(C)(C)C)cc1NC(=O)CC1CSCCN1. The zero-order chi connectivity index (χ0) is 17.7. The normalized spacial score (nSPS) is 18.1. The van der Waals surface area contributed by atoms with Gasteiger partial charge < -0.3 is 16.0 Å². The van der Waals surface area contributed by atoms with Crippen molar-refractivity contribution < 1.29 is 9.59 Å². The number of hydrogen-bond donors (Lipinski definition) is 3. The largest absolute Gasteiger partial charge is 0.326 e. The summed E-state index contributed by atoms with van der Waals surface area (Å²) in [6, 6.07) is 5.81. The van der Waals surface area contributed by atoms with Gasteiger partial charge in [0, 0.05) is 47.3 Å². The van der Waals surface area contributed by atoms with E-state index in [-0.39, 0.29) is 17.9 Å². The third-order valence-corrected chi connectivity index (χ3v) is 5.01. The van der Waals surface area contributed by atoms with E-state index in [1.54, 1.807) is 0 Å². The molecule has 0 radical (unpaired) electrons. The number of amides is 2. The summed E-state index contributed by atoms with van der Waals surface area (Å²) in [6.45, 7) is 8.51. The van der Waals surface area contributed by atoms with Crippen molar-refractivity contribution in [1.82, 2.24) is 5.32 Å². The van der Waals surface area contributed by atoms with Crippen molar-refractivity contribution in [3.8, 4) is 0 Å². The Bertz CT molecular complexity index is 605. The van der Waals surface area contributed by atoms with Crippen molar-refractivity contribution in [3.05, 3.63) is 23.8 Å². The molecule has 1 unspecified atom stereocenters. The molecule has 132 valence electrons. The van der Waals surface area contributed by atoms with Crippen LogP contribution in [0.2, 0.25) is 0 Å². The van der Waals surface area contributed by atoms with Gasteiger partial charge in [0.1, 0.15) is 0 Å². The van der Waals surface area contributed by atoms with Crippen LogP contribution in [0.25, 0.3) is 0 Å². The average Bonchev–Trinajstić information content (AvgIpc) is 2.50. The summed E-state index contributed by atoms with van der Waals surface area (Å²) in [5.74, 6) is 2.02. The first kappa shape index (κ1) is 18.8. The first-order valence-electron chi connectivity index (χ1n) is 8.29. The van der Waals surface area contributed by atoms with Crippen LogP contribution in [0.3, 0.4) is 0 Å². The molecule has 1 saturated heterocycles. The zero-order valence-corrected chi connectivity index (χ0v) is 15.7. The zero-order valence-electron chi connectivity index (χ0n) is 14.9. The van der Waals surface area contributed by atoms with Crippen LogP contribution in [0.1, 0.15) is 32.8 Å². The van der Waals surface area contributed by atoms with Gasteiger partial charge in [0.15, 0.2) is 0 Å². The van der Waals surface area contributed by atoms with Gasteiger partial charge in [-0.2, -0.15) is 11.8 Å². The molecule has 6 heteroatoms. The standard InChI is InChI=1S/C18H27N3O2S/c1-12-5-6-13(20-17(23)18(2,3)4)9-15(12)21-16(22)10-14-11-24-8-7-19-14/h5-6,9,14,19H,7-8,10-11H2,1-4H3,(H,20,23)(H,21,22). The minimum atomic E-state index is -0.460. The Hall–Kier alpha value is -1.53. The van der Waals surface area contributed by atoms with Gasteiger partial charge in [0.25, 0.3) is 0 Å². The van der Waals surface area contributed by atoms with Crippen molar-refractivity contribution in [2.24, 2.45) is 5.41 Å². The number of benzene rings is 1. The van der Waals surface area contributed by atoms with Crippen LogP contribution >= 0.6 is 11.8 Å². The van der Waals surface area contributed by atoms with Gasteiger partial charge in [-0.1, -0.05) is 26.8 Å². The van der Waals surface area contributed by atoms with Crippen molar-refractivity contribution in [2.75, 3.05) is 28.7 Å². The van der Waals surface area contributed by atoms with Crippen LogP contribution in [0, 0.1) is 12.3 Å². The summed E-state index contributed by atoms with van der Waals surface area (Å²) in [5, 5.41) is 9.23. The summed E-state index contributed by atoms with van der Waals surface area (Å²) in [7, 11) is 0. The predicted molar refractivity (Wildman–Crippen MR) is 102 cm³/mol. The number of hydrogen-bond acceptors (Lipinski definition) is 4. The van der Waals surface area contributed by atoms with Crippen LogP contribution in [0.15, 0.2) is 18.2 Å². The highest BCUT2D eigenvalue weighted by molar-refractivity contribution is 7.99. The summed E-state index contributed by atoms with van der Waals surface area (Å²) in [6.07, 6.45) is 0.463. The molecule has 2 rings (SSSR count). The quantitative estimate of drug-likeness (QED) is 0.781. The minimum Gasteiger partial charge on any atom is -0.326 e. The molecule has 1 atom stereocenters. The molecule has 1 aromatic carbocycles. The van der Waals surface area contributed by atoms with E-state index in [0.29, 0.717) is 12.1 Å². The van der Waals surface area contributed by atoms with Crippen LogP contribution in [-0.4, -0.2) is 35.9 Å². The second kappa shape index (κ2) is 8.03. The third kappa shape index (κ3) is 5.53. The Kier molecular flexibility index (Phi) is 6.29. The fourth-order valence-corrected chi connectivity index (χ4v) is 3.28. The Morgan fingerprint density at radius 3 is 2.67 bits per heavy atom. The van der Waals surface area contributed by atoms with Crippen LogP contribution < -0.4 is 16.0 Å². The maximum Gasteiger partial charge on any atom is 0.229 e. The number of thioether (sulfide) groups is 1. The summed E-state index contributed by atoms with van der Waals surface area (Å²) >= 11 is 1.88. The summed E-state index contributed by atoms with van der Waals surface area (Å²) in [5.41, 5.74) is 1.96. The molecule has 1 aliphatic rings. The molecule has 0 aliphatic carbocycles. The first-order valence-corrected chi connectivity index (χ1v) is 9.44. The molecule has 24 heavy (non-hydrogen) atoms. The molecule has 1 heterocycles. The third-order valence-electron chi connectivity index (χ3n) is 3.88. The second-order valence-corrected chi connectivity index (χ2v) is 8.36. The van der Waals surface area contributed by atoms with Crippen molar-refractivity contribution >= 4 is 35.0 Å². The Balaban J connectivity index is 2.00.